The number of benzene rings is 1. The maximum absolute atomic E-state index is 11.0. The minimum Gasteiger partial charge on any atom is -0.486 e. The number of halogens is 1. The number of thiazole rings is 1. The Kier molecular flexibility index (Phi) is 3.84. The zero-order valence-corrected chi connectivity index (χ0v) is 11.1. The summed E-state index contributed by atoms with van der Waals surface area (Å²) in [5.74, 6) is -0.778. The highest BCUT2D eigenvalue weighted by Gasteiger charge is 2.12. The number of carbonyl (C=O) groups is 1. The summed E-state index contributed by atoms with van der Waals surface area (Å²) in [4.78, 5) is 15.3. The first-order valence-electron chi connectivity index (χ1n) is 5.13. The summed E-state index contributed by atoms with van der Waals surface area (Å²) in [7, 11) is 0. The molecule has 0 bridgehead atoms. The molecule has 0 aliphatic heterocycles. The monoisotopic (exact) mass is 283 g/mol. The Bertz CT molecular complexity index is 582. The summed E-state index contributed by atoms with van der Waals surface area (Å²) in [5.41, 5.74) is 0.832. The quantitative estimate of drug-likeness (QED) is 0.934. The van der Waals surface area contributed by atoms with Crippen molar-refractivity contribution in [2.45, 2.75) is 13.5 Å². The largest absolute Gasteiger partial charge is 0.486 e. The first-order chi connectivity index (χ1) is 8.56. The van der Waals surface area contributed by atoms with Crippen LogP contribution in [0.5, 0.6) is 5.75 Å². The Hall–Kier alpha value is -1.59. The fraction of sp³-hybridized carbons (Fsp3) is 0.167. The van der Waals surface area contributed by atoms with E-state index >= 15 is 0 Å². The van der Waals surface area contributed by atoms with Crippen LogP contribution in [0.4, 0.5) is 0 Å². The van der Waals surface area contributed by atoms with Crippen LogP contribution in [0.15, 0.2) is 23.6 Å². The van der Waals surface area contributed by atoms with E-state index in [0.717, 1.165) is 10.7 Å². The molecule has 0 aliphatic carbocycles. The van der Waals surface area contributed by atoms with Gasteiger partial charge in [-0.25, -0.2) is 9.78 Å². The molecule has 0 saturated heterocycles. The molecule has 0 radical (unpaired) electrons. The summed E-state index contributed by atoms with van der Waals surface area (Å²) in [5, 5.41) is 12.2. The van der Waals surface area contributed by atoms with E-state index in [2.05, 4.69) is 4.98 Å². The number of ether oxygens (including phenoxy) is 1. The van der Waals surface area contributed by atoms with E-state index in [1.807, 2.05) is 12.3 Å². The van der Waals surface area contributed by atoms with Gasteiger partial charge in [-0.15, -0.1) is 11.3 Å². The van der Waals surface area contributed by atoms with Gasteiger partial charge in [0.05, 0.1) is 10.7 Å². The molecule has 2 rings (SSSR count). The van der Waals surface area contributed by atoms with E-state index in [1.165, 1.54) is 17.4 Å². The van der Waals surface area contributed by atoms with Crippen LogP contribution in [0.25, 0.3) is 0 Å². The number of aryl methyl sites for hydroxylation is 1. The van der Waals surface area contributed by atoms with Gasteiger partial charge in [0.1, 0.15) is 17.9 Å². The number of aromatic nitrogens is 1. The summed E-state index contributed by atoms with van der Waals surface area (Å²) in [6.45, 7) is 2.14. The maximum atomic E-state index is 11.0. The van der Waals surface area contributed by atoms with E-state index in [1.54, 1.807) is 12.1 Å². The van der Waals surface area contributed by atoms with Crippen LogP contribution in [-0.2, 0) is 6.61 Å². The van der Waals surface area contributed by atoms with Gasteiger partial charge < -0.3 is 9.84 Å². The third kappa shape index (κ3) is 3.00. The van der Waals surface area contributed by atoms with Crippen LogP contribution in [0.1, 0.15) is 21.1 Å². The van der Waals surface area contributed by atoms with Crippen molar-refractivity contribution in [1.82, 2.24) is 4.98 Å². The summed E-state index contributed by atoms with van der Waals surface area (Å²) >= 11 is 7.28. The standard InChI is InChI=1S/C12H10ClNO3S/c1-7-14-9(6-18-7)5-17-11-3-2-8(13)4-10(11)12(15)16/h2-4,6H,5H2,1H3,(H,15,16). The second-order valence-corrected chi connectivity index (χ2v) is 5.09. The molecule has 0 spiro atoms. The minimum absolute atomic E-state index is 0.0504. The molecule has 2 aromatic rings. The van der Waals surface area contributed by atoms with E-state index < -0.39 is 5.97 Å². The number of carboxylic acid groups (broad SMARTS) is 1. The molecule has 4 nitrogen and oxygen atoms in total. The van der Waals surface area contributed by atoms with Crippen molar-refractivity contribution in [3.05, 3.63) is 44.9 Å². The molecule has 1 aromatic heterocycles. The first kappa shape index (κ1) is 12.9. The van der Waals surface area contributed by atoms with Gasteiger partial charge in [-0.05, 0) is 25.1 Å². The first-order valence-corrected chi connectivity index (χ1v) is 6.38. The lowest BCUT2D eigenvalue weighted by molar-refractivity contribution is 0.0691. The zero-order valence-electron chi connectivity index (χ0n) is 9.51. The highest BCUT2D eigenvalue weighted by atomic mass is 35.5. The summed E-state index contributed by atoms with van der Waals surface area (Å²) < 4.78 is 5.46. The van der Waals surface area contributed by atoms with E-state index in [0.29, 0.717) is 5.02 Å². The molecule has 18 heavy (non-hydrogen) atoms. The molecular formula is C12H10ClNO3S. The van der Waals surface area contributed by atoms with Crippen LogP contribution in [0.3, 0.4) is 0 Å². The molecule has 0 amide bonds. The molecular weight excluding hydrogens is 274 g/mol. The van der Waals surface area contributed by atoms with E-state index in [9.17, 15) is 4.79 Å². The predicted octanol–water partition coefficient (Wildman–Crippen LogP) is 3.38. The van der Waals surface area contributed by atoms with E-state index in [4.69, 9.17) is 21.4 Å². The van der Waals surface area contributed by atoms with Crippen molar-refractivity contribution in [1.29, 1.82) is 0 Å². The lowest BCUT2D eigenvalue weighted by atomic mass is 10.2. The van der Waals surface area contributed by atoms with Crippen molar-refractivity contribution >= 4 is 28.9 Å². The highest BCUT2D eigenvalue weighted by molar-refractivity contribution is 7.09. The van der Waals surface area contributed by atoms with Gasteiger partial charge in [0, 0.05) is 10.4 Å². The molecule has 0 aliphatic rings. The zero-order chi connectivity index (χ0) is 13.1. The fourth-order valence-corrected chi connectivity index (χ4v) is 2.19. The Balaban J connectivity index is 2.16. The Morgan fingerprint density at radius 1 is 1.56 bits per heavy atom. The average Bonchev–Trinajstić information content (AvgIpc) is 2.73. The van der Waals surface area contributed by atoms with Crippen LogP contribution in [0, 0.1) is 6.92 Å². The van der Waals surface area contributed by atoms with Crippen molar-refractivity contribution < 1.29 is 14.6 Å². The number of hydrogen-bond acceptors (Lipinski definition) is 4. The lowest BCUT2D eigenvalue weighted by Gasteiger charge is -2.08. The van der Waals surface area contributed by atoms with Gasteiger partial charge in [-0.1, -0.05) is 11.6 Å². The molecule has 0 saturated carbocycles. The van der Waals surface area contributed by atoms with Gasteiger partial charge in [0.2, 0.25) is 0 Å². The third-order valence-corrected chi connectivity index (χ3v) is 3.27. The fourth-order valence-electron chi connectivity index (χ4n) is 1.42. The Morgan fingerprint density at radius 2 is 2.33 bits per heavy atom. The maximum Gasteiger partial charge on any atom is 0.339 e. The molecule has 1 N–H and O–H groups in total. The Labute approximate surface area is 113 Å². The minimum atomic E-state index is -1.07. The molecule has 0 atom stereocenters. The molecule has 0 fully saturated rings. The number of nitrogens with zero attached hydrogens (tertiary/aromatic N) is 1. The normalized spacial score (nSPS) is 10.3. The lowest BCUT2D eigenvalue weighted by Crippen LogP contribution is -2.03. The van der Waals surface area contributed by atoms with Gasteiger partial charge in [0.25, 0.3) is 0 Å². The van der Waals surface area contributed by atoms with Gasteiger partial charge in [-0.2, -0.15) is 0 Å². The van der Waals surface area contributed by atoms with Crippen molar-refractivity contribution in [2.24, 2.45) is 0 Å². The van der Waals surface area contributed by atoms with Crippen LogP contribution in [0.2, 0.25) is 5.02 Å². The number of rotatable bonds is 4. The van der Waals surface area contributed by atoms with Crippen LogP contribution in [-0.4, -0.2) is 16.1 Å². The summed E-state index contributed by atoms with van der Waals surface area (Å²) in [6.07, 6.45) is 0. The van der Waals surface area contributed by atoms with Gasteiger partial charge in [0.15, 0.2) is 0 Å². The van der Waals surface area contributed by atoms with Gasteiger partial charge in [-0.3, -0.25) is 0 Å². The number of hydrogen-bond donors (Lipinski definition) is 1. The SMILES string of the molecule is Cc1nc(COc2ccc(Cl)cc2C(=O)O)cs1. The molecule has 0 unspecified atom stereocenters. The van der Waals surface area contributed by atoms with Crippen molar-refractivity contribution in [2.75, 3.05) is 0 Å². The predicted molar refractivity (Wildman–Crippen MR) is 69.6 cm³/mol. The van der Waals surface area contributed by atoms with Crippen molar-refractivity contribution in [3.63, 3.8) is 0 Å². The molecule has 94 valence electrons. The average molecular weight is 284 g/mol. The summed E-state index contributed by atoms with van der Waals surface area (Å²) in [6, 6.07) is 4.51. The molecule has 1 heterocycles. The number of carboxylic acids is 1. The third-order valence-electron chi connectivity index (χ3n) is 2.21. The second-order valence-electron chi connectivity index (χ2n) is 3.59. The van der Waals surface area contributed by atoms with Crippen LogP contribution >= 0.6 is 22.9 Å². The molecule has 1 aromatic carbocycles. The van der Waals surface area contributed by atoms with E-state index in [-0.39, 0.29) is 17.9 Å². The van der Waals surface area contributed by atoms with Crippen molar-refractivity contribution in [3.8, 4) is 5.75 Å². The Morgan fingerprint density at radius 3 is 2.94 bits per heavy atom. The second kappa shape index (κ2) is 5.37. The number of aromatic carboxylic acids is 1. The highest BCUT2D eigenvalue weighted by Crippen LogP contribution is 2.24. The van der Waals surface area contributed by atoms with Gasteiger partial charge >= 0.3 is 5.97 Å². The van der Waals surface area contributed by atoms with Crippen LogP contribution < -0.4 is 4.74 Å². The topological polar surface area (TPSA) is 59.4 Å². The molecule has 6 heteroatoms. The smallest absolute Gasteiger partial charge is 0.339 e.